The van der Waals surface area contributed by atoms with Crippen molar-refractivity contribution in [2.75, 3.05) is 27.8 Å². The van der Waals surface area contributed by atoms with Gasteiger partial charge in [0.05, 0.1) is 14.2 Å². The summed E-state index contributed by atoms with van der Waals surface area (Å²) in [6.45, 7) is 1.06. The van der Waals surface area contributed by atoms with Crippen LogP contribution < -0.4 is 9.47 Å². The van der Waals surface area contributed by atoms with E-state index in [1.807, 2.05) is 6.07 Å². The van der Waals surface area contributed by atoms with Crippen molar-refractivity contribution >= 4 is 5.78 Å². The minimum Gasteiger partial charge on any atom is -0.493 e. The molecule has 1 aromatic rings. The van der Waals surface area contributed by atoms with E-state index < -0.39 is 0 Å². The van der Waals surface area contributed by atoms with Crippen LogP contribution in [0, 0.1) is 5.41 Å². The van der Waals surface area contributed by atoms with Gasteiger partial charge in [0.2, 0.25) is 0 Å². The Morgan fingerprint density at radius 1 is 1.13 bits per heavy atom. The van der Waals surface area contributed by atoms with Crippen LogP contribution >= 0.6 is 0 Å². The van der Waals surface area contributed by atoms with Crippen LogP contribution in [0.1, 0.15) is 37.7 Å². The molecule has 0 aromatic heterocycles. The first-order valence-corrected chi connectivity index (χ1v) is 8.51. The highest BCUT2D eigenvalue weighted by Gasteiger charge is 2.68. The number of carbonyl (C=O) groups is 1. The van der Waals surface area contributed by atoms with Gasteiger partial charge in [0.15, 0.2) is 11.5 Å². The summed E-state index contributed by atoms with van der Waals surface area (Å²) >= 11 is 0. The van der Waals surface area contributed by atoms with E-state index >= 15 is 0 Å². The molecule has 1 aliphatic heterocycles. The third-order valence-corrected chi connectivity index (χ3v) is 6.61. The maximum atomic E-state index is 12.3. The molecule has 4 heteroatoms. The second-order valence-electron chi connectivity index (χ2n) is 7.49. The summed E-state index contributed by atoms with van der Waals surface area (Å²) in [5, 5.41) is 0. The average molecular weight is 315 g/mol. The third-order valence-electron chi connectivity index (χ3n) is 6.61. The van der Waals surface area contributed by atoms with Crippen LogP contribution in [-0.4, -0.2) is 44.5 Å². The van der Waals surface area contributed by atoms with Crippen LogP contribution in [0.4, 0.5) is 0 Å². The molecule has 0 radical (unpaired) electrons. The number of ether oxygens (including phenoxy) is 2. The fraction of sp³-hybridized carbons (Fsp3) is 0.632. The van der Waals surface area contributed by atoms with Crippen LogP contribution in [0.25, 0.3) is 0 Å². The topological polar surface area (TPSA) is 38.8 Å². The summed E-state index contributed by atoms with van der Waals surface area (Å²) in [5.74, 6) is 2.00. The molecule has 2 atom stereocenters. The van der Waals surface area contributed by atoms with Crippen molar-refractivity contribution in [3.63, 3.8) is 0 Å². The van der Waals surface area contributed by atoms with Crippen molar-refractivity contribution in [2.45, 2.75) is 43.6 Å². The number of likely N-dealkylation sites (N-methyl/N-ethyl adjacent to an activating group) is 1. The van der Waals surface area contributed by atoms with Crippen molar-refractivity contribution in [2.24, 2.45) is 5.41 Å². The van der Waals surface area contributed by atoms with Gasteiger partial charge in [0.25, 0.3) is 0 Å². The summed E-state index contributed by atoms with van der Waals surface area (Å²) in [6, 6.07) is 6.69. The van der Waals surface area contributed by atoms with E-state index in [0.717, 1.165) is 30.9 Å². The number of methoxy groups -OCH3 is 2. The van der Waals surface area contributed by atoms with Crippen molar-refractivity contribution in [3.8, 4) is 11.5 Å². The summed E-state index contributed by atoms with van der Waals surface area (Å²) in [7, 11) is 5.53. The van der Waals surface area contributed by atoms with Crippen LogP contribution in [0.15, 0.2) is 18.2 Å². The normalized spacial score (nSPS) is 32.0. The van der Waals surface area contributed by atoms with Crippen molar-refractivity contribution < 1.29 is 14.3 Å². The highest BCUT2D eigenvalue weighted by atomic mass is 16.5. The monoisotopic (exact) mass is 315 g/mol. The quantitative estimate of drug-likeness (QED) is 0.860. The summed E-state index contributed by atoms with van der Waals surface area (Å²) < 4.78 is 10.9. The van der Waals surface area contributed by atoms with Gasteiger partial charge in [-0.25, -0.2) is 0 Å². The first-order chi connectivity index (χ1) is 11.1. The molecule has 0 N–H and O–H groups in total. The highest BCUT2D eigenvalue weighted by Crippen LogP contribution is 2.69. The van der Waals surface area contributed by atoms with Crippen molar-refractivity contribution in [1.82, 2.24) is 4.90 Å². The SMILES string of the molecule is COc1ccc([C@]23CCN(C)C2CC(=O)CC32CC2)cc1OC. The summed E-state index contributed by atoms with van der Waals surface area (Å²) in [5.41, 5.74) is 1.60. The van der Waals surface area contributed by atoms with Crippen LogP contribution in [0.5, 0.6) is 11.5 Å². The van der Waals surface area contributed by atoms with E-state index in [9.17, 15) is 4.79 Å². The number of benzene rings is 1. The van der Waals surface area contributed by atoms with E-state index in [2.05, 4.69) is 24.1 Å². The minimum atomic E-state index is 0.0925. The molecule has 3 fully saturated rings. The van der Waals surface area contributed by atoms with Gasteiger partial charge in [0, 0.05) is 24.3 Å². The number of rotatable bonds is 3. The number of carbonyl (C=O) groups excluding carboxylic acids is 1. The number of Topliss-reactive ketones (excluding diaryl/α,β-unsaturated/α-hetero) is 1. The Bertz CT molecular complexity index is 652. The van der Waals surface area contributed by atoms with Crippen LogP contribution in [0.3, 0.4) is 0 Å². The molecule has 1 spiro atoms. The number of fused-ring (bicyclic) bond motifs is 2. The van der Waals surface area contributed by atoms with Gasteiger partial charge >= 0.3 is 0 Å². The average Bonchev–Trinajstić information content (AvgIpc) is 3.24. The van der Waals surface area contributed by atoms with E-state index in [0.29, 0.717) is 18.2 Å². The first kappa shape index (κ1) is 15.0. The van der Waals surface area contributed by atoms with Crippen LogP contribution in [-0.2, 0) is 10.2 Å². The number of ketones is 1. The number of nitrogens with zero attached hydrogens (tertiary/aromatic N) is 1. The first-order valence-electron chi connectivity index (χ1n) is 8.51. The maximum absolute atomic E-state index is 12.3. The fourth-order valence-corrected chi connectivity index (χ4v) is 5.35. The largest absolute Gasteiger partial charge is 0.493 e. The van der Waals surface area contributed by atoms with Gasteiger partial charge in [-0.1, -0.05) is 6.07 Å². The van der Waals surface area contributed by atoms with Gasteiger partial charge in [-0.05, 0) is 56.0 Å². The molecule has 1 unspecified atom stereocenters. The lowest BCUT2D eigenvalue weighted by Crippen LogP contribution is -2.53. The maximum Gasteiger partial charge on any atom is 0.161 e. The third kappa shape index (κ3) is 1.90. The number of likely N-dealkylation sites (tertiary alicyclic amines) is 1. The molecule has 1 aromatic carbocycles. The molecular weight excluding hydrogens is 290 g/mol. The zero-order chi connectivity index (χ0) is 16.2. The smallest absolute Gasteiger partial charge is 0.161 e. The van der Waals surface area contributed by atoms with Gasteiger partial charge in [-0.3, -0.25) is 4.79 Å². The van der Waals surface area contributed by atoms with Gasteiger partial charge in [0.1, 0.15) is 5.78 Å². The lowest BCUT2D eigenvalue weighted by Gasteiger charge is -2.48. The van der Waals surface area contributed by atoms with E-state index in [-0.39, 0.29) is 10.8 Å². The molecule has 0 bridgehead atoms. The fourth-order valence-electron chi connectivity index (χ4n) is 5.35. The number of hydrogen-bond donors (Lipinski definition) is 0. The Kier molecular flexibility index (Phi) is 3.24. The molecule has 4 nitrogen and oxygen atoms in total. The standard InChI is InChI=1S/C19H25NO3/c1-20-9-8-19(13-4-5-15(22-2)16(10-13)23-3)17(20)11-14(21)12-18(19)6-7-18/h4-5,10,17H,6-9,11-12H2,1-3H3/t17?,19-/m1/s1. The predicted molar refractivity (Wildman–Crippen MR) is 88.2 cm³/mol. The molecule has 2 aliphatic carbocycles. The minimum absolute atomic E-state index is 0.0925. The van der Waals surface area contributed by atoms with Crippen LogP contribution in [0.2, 0.25) is 0 Å². The lowest BCUT2D eigenvalue weighted by molar-refractivity contribution is -0.125. The molecule has 1 saturated heterocycles. The zero-order valence-electron chi connectivity index (χ0n) is 14.2. The second kappa shape index (κ2) is 4.97. The Hall–Kier alpha value is -1.55. The van der Waals surface area contributed by atoms with E-state index in [1.165, 1.54) is 18.4 Å². The molecule has 1 heterocycles. The molecule has 3 aliphatic rings. The zero-order valence-corrected chi connectivity index (χ0v) is 14.2. The highest BCUT2D eigenvalue weighted by molar-refractivity contribution is 5.83. The van der Waals surface area contributed by atoms with Gasteiger partial charge < -0.3 is 14.4 Å². The number of hydrogen-bond acceptors (Lipinski definition) is 4. The molecule has 124 valence electrons. The summed E-state index contributed by atoms with van der Waals surface area (Å²) in [4.78, 5) is 14.7. The Balaban J connectivity index is 1.86. The molecular formula is C19H25NO3. The molecule has 2 saturated carbocycles. The predicted octanol–water partition coefficient (Wildman–Crippen LogP) is 2.79. The second-order valence-corrected chi connectivity index (χ2v) is 7.49. The Labute approximate surface area is 137 Å². The Morgan fingerprint density at radius 3 is 2.52 bits per heavy atom. The summed E-state index contributed by atoms with van der Waals surface area (Å²) in [6.07, 6.45) is 4.93. The lowest BCUT2D eigenvalue weighted by atomic mass is 9.57. The van der Waals surface area contributed by atoms with E-state index in [1.54, 1.807) is 14.2 Å². The molecule has 4 rings (SSSR count). The molecule has 0 amide bonds. The van der Waals surface area contributed by atoms with Gasteiger partial charge in [-0.15, -0.1) is 0 Å². The van der Waals surface area contributed by atoms with Crippen molar-refractivity contribution in [3.05, 3.63) is 23.8 Å². The van der Waals surface area contributed by atoms with Crippen molar-refractivity contribution in [1.29, 1.82) is 0 Å². The molecule has 23 heavy (non-hydrogen) atoms. The van der Waals surface area contributed by atoms with Gasteiger partial charge in [-0.2, -0.15) is 0 Å². The van der Waals surface area contributed by atoms with E-state index in [4.69, 9.17) is 9.47 Å². The Morgan fingerprint density at radius 2 is 1.87 bits per heavy atom.